The van der Waals surface area contributed by atoms with Crippen LogP contribution in [0.15, 0.2) is 12.1 Å². The first-order chi connectivity index (χ1) is 6.61. The van der Waals surface area contributed by atoms with Gasteiger partial charge in [-0.05, 0) is 12.1 Å². The zero-order valence-corrected chi connectivity index (χ0v) is 7.21. The van der Waals surface area contributed by atoms with Gasteiger partial charge in [0.05, 0.1) is 11.6 Å². The Morgan fingerprint density at radius 3 is 2.86 bits per heavy atom. The van der Waals surface area contributed by atoms with E-state index in [4.69, 9.17) is 10.5 Å². The number of hydrogen-bond acceptors (Lipinski definition) is 3. The molecule has 3 N–H and O–H groups in total. The highest BCUT2D eigenvalue weighted by atomic mass is 19.2. The van der Waals surface area contributed by atoms with Crippen LogP contribution in [0.2, 0.25) is 0 Å². The second-order valence-corrected chi connectivity index (χ2v) is 3.18. The van der Waals surface area contributed by atoms with E-state index in [1.165, 1.54) is 6.07 Å². The van der Waals surface area contributed by atoms with Crippen LogP contribution in [0, 0.1) is 11.6 Å². The van der Waals surface area contributed by atoms with Gasteiger partial charge in [0.25, 0.3) is 0 Å². The quantitative estimate of drug-likeness (QED) is 0.650. The first-order valence-electron chi connectivity index (χ1n) is 4.15. The topological polar surface area (TPSA) is 55.5 Å². The standard InChI is InChI=1S/C9H9F2NO2/c10-4-1-2-6-7(8(4)11)9(12)5(13)3-14-6/h1-2,5,9,13H,3,12H2/t5-,9-/m0/s1. The molecule has 0 aliphatic carbocycles. The van der Waals surface area contributed by atoms with E-state index in [0.717, 1.165) is 6.07 Å². The van der Waals surface area contributed by atoms with Crippen molar-refractivity contribution in [3.63, 3.8) is 0 Å². The smallest absolute Gasteiger partial charge is 0.167 e. The number of benzene rings is 1. The number of hydrogen-bond donors (Lipinski definition) is 2. The third kappa shape index (κ3) is 1.25. The summed E-state index contributed by atoms with van der Waals surface area (Å²) in [6.45, 7) is -0.000755. The summed E-state index contributed by atoms with van der Waals surface area (Å²) in [4.78, 5) is 0. The van der Waals surface area contributed by atoms with Gasteiger partial charge >= 0.3 is 0 Å². The minimum Gasteiger partial charge on any atom is -0.490 e. The van der Waals surface area contributed by atoms with Crippen molar-refractivity contribution >= 4 is 0 Å². The number of aliphatic hydroxyl groups excluding tert-OH is 1. The van der Waals surface area contributed by atoms with Gasteiger partial charge in [0.15, 0.2) is 11.6 Å². The van der Waals surface area contributed by atoms with E-state index in [9.17, 15) is 13.9 Å². The third-order valence-electron chi connectivity index (χ3n) is 2.25. The molecule has 14 heavy (non-hydrogen) atoms. The minimum atomic E-state index is -1.05. The number of ether oxygens (including phenoxy) is 1. The molecule has 0 unspecified atom stereocenters. The first kappa shape index (κ1) is 9.36. The predicted molar refractivity (Wildman–Crippen MR) is 44.8 cm³/mol. The van der Waals surface area contributed by atoms with Gasteiger partial charge in [-0.2, -0.15) is 0 Å². The molecule has 0 saturated heterocycles. The average Bonchev–Trinajstić information content (AvgIpc) is 2.17. The van der Waals surface area contributed by atoms with Gasteiger partial charge in [-0.15, -0.1) is 0 Å². The molecule has 1 aromatic carbocycles. The Labute approximate surface area is 79.1 Å². The van der Waals surface area contributed by atoms with Gasteiger partial charge in [-0.1, -0.05) is 0 Å². The van der Waals surface area contributed by atoms with E-state index in [2.05, 4.69) is 0 Å². The average molecular weight is 201 g/mol. The first-order valence-corrected chi connectivity index (χ1v) is 4.15. The van der Waals surface area contributed by atoms with Crippen LogP contribution in [-0.2, 0) is 0 Å². The molecule has 1 aromatic rings. The number of fused-ring (bicyclic) bond motifs is 1. The normalized spacial score (nSPS) is 25.4. The van der Waals surface area contributed by atoms with Crippen LogP contribution >= 0.6 is 0 Å². The van der Waals surface area contributed by atoms with Gasteiger partial charge < -0.3 is 15.6 Å². The van der Waals surface area contributed by atoms with E-state index in [1.807, 2.05) is 0 Å². The van der Waals surface area contributed by atoms with Crippen molar-refractivity contribution in [2.75, 3.05) is 6.61 Å². The van der Waals surface area contributed by atoms with Crippen molar-refractivity contribution in [2.45, 2.75) is 12.1 Å². The fraction of sp³-hybridized carbons (Fsp3) is 0.333. The fourth-order valence-corrected chi connectivity index (χ4v) is 1.46. The molecule has 0 bridgehead atoms. The highest BCUT2D eigenvalue weighted by Crippen LogP contribution is 2.33. The van der Waals surface area contributed by atoms with Crippen LogP contribution in [0.5, 0.6) is 5.75 Å². The molecule has 0 amide bonds. The molecular weight excluding hydrogens is 192 g/mol. The number of aliphatic hydroxyl groups is 1. The van der Waals surface area contributed by atoms with E-state index in [0.29, 0.717) is 0 Å². The van der Waals surface area contributed by atoms with Crippen molar-refractivity contribution in [2.24, 2.45) is 5.73 Å². The third-order valence-corrected chi connectivity index (χ3v) is 2.25. The van der Waals surface area contributed by atoms with Crippen LogP contribution < -0.4 is 10.5 Å². The Bertz CT molecular complexity index is 370. The maximum absolute atomic E-state index is 13.3. The highest BCUT2D eigenvalue weighted by molar-refractivity contribution is 5.39. The highest BCUT2D eigenvalue weighted by Gasteiger charge is 2.30. The number of rotatable bonds is 0. The molecule has 0 aromatic heterocycles. The predicted octanol–water partition coefficient (Wildman–Crippen LogP) is 0.718. The van der Waals surface area contributed by atoms with Crippen molar-refractivity contribution in [3.8, 4) is 5.75 Å². The van der Waals surface area contributed by atoms with Crippen molar-refractivity contribution in [3.05, 3.63) is 29.3 Å². The lowest BCUT2D eigenvalue weighted by Gasteiger charge is -2.27. The summed E-state index contributed by atoms with van der Waals surface area (Å²) < 4.78 is 31.1. The van der Waals surface area contributed by atoms with Crippen molar-refractivity contribution < 1.29 is 18.6 Å². The molecule has 1 aliphatic heterocycles. The Hall–Kier alpha value is -1.20. The molecule has 0 spiro atoms. The largest absolute Gasteiger partial charge is 0.490 e. The van der Waals surface area contributed by atoms with E-state index in [1.54, 1.807) is 0 Å². The molecule has 2 atom stereocenters. The van der Waals surface area contributed by atoms with Gasteiger partial charge in [0.2, 0.25) is 0 Å². The van der Waals surface area contributed by atoms with Crippen LogP contribution in [0.3, 0.4) is 0 Å². The fourth-order valence-electron chi connectivity index (χ4n) is 1.46. The van der Waals surface area contributed by atoms with Crippen molar-refractivity contribution in [1.29, 1.82) is 0 Å². The zero-order valence-electron chi connectivity index (χ0n) is 7.21. The molecular formula is C9H9F2NO2. The minimum absolute atomic E-state index is 0.000755. The summed E-state index contributed by atoms with van der Waals surface area (Å²) in [6.07, 6.45) is -1.00. The summed E-state index contributed by atoms with van der Waals surface area (Å²) in [5.41, 5.74) is 5.43. The van der Waals surface area contributed by atoms with Crippen LogP contribution in [0.1, 0.15) is 11.6 Å². The second kappa shape index (κ2) is 3.18. The summed E-state index contributed by atoms with van der Waals surface area (Å²) >= 11 is 0. The van der Waals surface area contributed by atoms with Gasteiger partial charge in [-0.25, -0.2) is 8.78 Å². The Balaban J connectivity index is 2.56. The molecule has 2 rings (SSSR count). The summed E-state index contributed by atoms with van der Waals surface area (Å²) in [6, 6.07) is 1.34. The Morgan fingerprint density at radius 2 is 2.14 bits per heavy atom. The summed E-state index contributed by atoms with van der Waals surface area (Å²) in [5.74, 6) is -1.84. The second-order valence-electron chi connectivity index (χ2n) is 3.18. The maximum atomic E-state index is 13.3. The molecule has 3 nitrogen and oxygen atoms in total. The van der Waals surface area contributed by atoms with Crippen LogP contribution in [0.4, 0.5) is 8.78 Å². The lowest BCUT2D eigenvalue weighted by Crippen LogP contribution is -2.36. The van der Waals surface area contributed by atoms with E-state index < -0.39 is 23.8 Å². The van der Waals surface area contributed by atoms with E-state index >= 15 is 0 Å². The lowest BCUT2D eigenvalue weighted by atomic mass is 9.98. The zero-order chi connectivity index (χ0) is 10.3. The monoisotopic (exact) mass is 201 g/mol. The Morgan fingerprint density at radius 1 is 1.43 bits per heavy atom. The number of halogens is 2. The van der Waals surface area contributed by atoms with Gasteiger partial charge in [0, 0.05) is 0 Å². The SMILES string of the molecule is N[C@@H]1c2c(ccc(F)c2F)OC[C@@H]1O. The van der Waals surface area contributed by atoms with E-state index in [-0.39, 0.29) is 17.9 Å². The molecule has 0 saturated carbocycles. The summed E-state index contributed by atoms with van der Waals surface area (Å²) in [5, 5.41) is 9.30. The van der Waals surface area contributed by atoms with Crippen LogP contribution in [0.25, 0.3) is 0 Å². The maximum Gasteiger partial charge on any atom is 0.167 e. The number of nitrogens with two attached hydrogens (primary N) is 1. The summed E-state index contributed by atoms with van der Waals surface area (Å²) in [7, 11) is 0. The van der Waals surface area contributed by atoms with Crippen LogP contribution in [-0.4, -0.2) is 17.8 Å². The molecule has 1 heterocycles. The van der Waals surface area contributed by atoms with Crippen molar-refractivity contribution in [1.82, 2.24) is 0 Å². The molecule has 76 valence electrons. The molecule has 5 heteroatoms. The lowest BCUT2D eigenvalue weighted by molar-refractivity contribution is 0.0654. The molecule has 0 radical (unpaired) electrons. The van der Waals surface area contributed by atoms with Gasteiger partial charge in [0.1, 0.15) is 18.5 Å². The Kier molecular flexibility index (Phi) is 2.13. The van der Waals surface area contributed by atoms with Gasteiger partial charge in [-0.3, -0.25) is 0 Å². The molecule has 1 aliphatic rings. The molecule has 0 fully saturated rings.